The summed E-state index contributed by atoms with van der Waals surface area (Å²) in [4.78, 5) is 4.64. The fourth-order valence-electron chi connectivity index (χ4n) is 1.26. The summed E-state index contributed by atoms with van der Waals surface area (Å²) in [6.45, 7) is 0. The van der Waals surface area contributed by atoms with E-state index in [-0.39, 0.29) is 5.88 Å². The van der Waals surface area contributed by atoms with Gasteiger partial charge < -0.3 is 4.74 Å². The van der Waals surface area contributed by atoms with Gasteiger partial charge in [-0.05, 0) is 24.5 Å². The average molecular weight is 235 g/mol. The minimum Gasteiger partial charge on any atom is -0.438 e. The van der Waals surface area contributed by atoms with E-state index >= 15 is 0 Å². The summed E-state index contributed by atoms with van der Waals surface area (Å²) >= 11 is 1.57. The molecule has 1 aromatic heterocycles. The van der Waals surface area contributed by atoms with Crippen LogP contribution in [0.15, 0.2) is 47.4 Å². The molecule has 0 radical (unpaired) electrons. The van der Waals surface area contributed by atoms with Crippen LogP contribution in [0.2, 0.25) is 0 Å². The molecule has 16 heavy (non-hydrogen) atoms. The Balaban J connectivity index is 2.26. The Kier molecular flexibility index (Phi) is 3.41. The van der Waals surface area contributed by atoms with Crippen LogP contribution < -0.4 is 4.74 Å². The number of ether oxygens (including phenoxy) is 1. The lowest BCUT2D eigenvalue weighted by molar-refractivity contribution is 0.436. The first-order valence-electron chi connectivity index (χ1n) is 4.73. The molecule has 0 saturated carbocycles. The molecule has 0 fully saturated rings. The van der Waals surface area contributed by atoms with Crippen molar-refractivity contribution in [1.82, 2.24) is 4.98 Å². The first-order valence-corrected chi connectivity index (χ1v) is 5.95. The summed E-state index contributed by atoms with van der Waals surface area (Å²) in [6, 6.07) is 12.1. The molecule has 0 unspecified atom stereocenters. The zero-order valence-electron chi connectivity index (χ0n) is 8.68. The summed E-state index contributed by atoms with van der Waals surface area (Å²) in [5, 5.41) is 0. The van der Waals surface area contributed by atoms with Gasteiger partial charge >= 0.3 is 0 Å². The van der Waals surface area contributed by atoms with Crippen molar-refractivity contribution in [3.05, 3.63) is 48.4 Å². The molecule has 0 bridgehead atoms. The highest BCUT2D eigenvalue weighted by Gasteiger charge is 2.04. The summed E-state index contributed by atoms with van der Waals surface area (Å²) in [5.74, 6) is 0.411. The van der Waals surface area contributed by atoms with Crippen molar-refractivity contribution >= 4 is 11.8 Å². The van der Waals surface area contributed by atoms with E-state index in [1.165, 1.54) is 6.07 Å². The molecule has 2 aromatic rings. The molecule has 4 heteroatoms. The predicted molar refractivity (Wildman–Crippen MR) is 62.5 cm³/mol. The van der Waals surface area contributed by atoms with Crippen LogP contribution in [0, 0.1) is 5.95 Å². The second-order valence-corrected chi connectivity index (χ2v) is 3.90. The molecule has 0 aliphatic heterocycles. The lowest BCUT2D eigenvalue weighted by Crippen LogP contribution is -1.91. The van der Waals surface area contributed by atoms with Crippen LogP contribution in [0.5, 0.6) is 11.6 Å². The Morgan fingerprint density at radius 1 is 1.12 bits per heavy atom. The van der Waals surface area contributed by atoms with Crippen LogP contribution in [0.3, 0.4) is 0 Å². The minimum atomic E-state index is -0.542. The van der Waals surface area contributed by atoms with Crippen LogP contribution in [-0.4, -0.2) is 11.2 Å². The van der Waals surface area contributed by atoms with Crippen LogP contribution in [-0.2, 0) is 0 Å². The van der Waals surface area contributed by atoms with Gasteiger partial charge in [-0.25, -0.2) is 0 Å². The van der Waals surface area contributed by atoms with Crippen molar-refractivity contribution in [1.29, 1.82) is 0 Å². The number of para-hydroxylation sites is 1. The molecular weight excluding hydrogens is 225 g/mol. The van der Waals surface area contributed by atoms with Crippen molar-refractivity contribution < 1.29 is 9.13 Å². The molecule has 2 rings (SSSR count). The monoisotopic (exact) mass is 235 g/mol. The first kappa shape index (κ1) is 11.0. The highest BCUT2D eigenvalue weighted by atomic mass is 32.2. The molecule has 2 nitrogen and oxygen atoms in total. The van der Waals surface area contributed by atoms with Crippen molar-refractivity contribution in [3.8, 4) is 11.6 Å². The van der Waals surface area contributed by atoms with E-state index in [1.54, 1.807) is 23.9 Å². The first-order chi connectivity index (χ1) is 7.79. The molecule has 1 heterocycles. The van der Waals surface area contributed by atoms with E-state index in [9.17, 15) is 4.39 Å². The fourth-order valence-corrected chi connectivity index (χ4v) is 1.79. The number of hydrogen-bond acceptors (Lipinski definition) is 3. The quantitative estimate of drug-likeness (QED) is 0.597. The Labute approximate surface area is 97.5 Å². The topological polar surface area (TPSA) is 22.1 Å². The number of pyridine rings is 1. The predicted octanol–water partition coefficient (Wildman–Crippen LogP) is 3.73. The van der Waals surface area contributed by atoms with E-state index in [1.807, 2.05) is 30.5 Å². The highest BCUT2D eigenvalue weighted by Crippen LogP contribution is 2.30. The van der Waals surface area contributed by atoms with Crippen molar-refractivity contribution in [3.63, 3.8) is 0 Å². The molecule has 0 amide bonds. The van der Waals surface area contributed by atoms with Gasteiger partial charge in [-0.1, -0.05) is 18.2 Å². The number of aromatic nitrogens is 1. The lowest BCUT2D eigenvalue weighted by Gasteiger charge is -2.07. The van der Waals surface area contributed by atoms with Crippen molar-refractivity contribution in [2.75, 3.05) is 6.26 Å². The van der Waals surface area contributed by atoms with Crippen molar-refractivity contribution in [2.45, 2.75) is 4.90 Å². The normalized spacial score (nSPS) is 10.1. The number of benzene rings is 1. The van der Waals surface area contributed by atoms with Gasteiger partial charge in [0.15, 0.2) is 0 Å². The zero-order chi connectivity index (χ0) is 11.4. The fraction of sp³-hybridized carbons (Fsp3) is 0.0833. The Bertz CT molecular complexity index is 490. The largest absolute Gasteiger partial charge is 0.438 e. The lowest BCUT2D eigenvalue weighted by atomic mass is 10.3. The standard InChI is InChI=1S/C12H10FNOS/c1-16-10-6-3-2-5-9(10)15-12-8-4-7-11(13)14-12/h2-8H,1H3. The third-order valence-corrected chi connectivity index (χ3v) is 2.75. The van der Waals surface area contributed by atoms with Gasteiger partial charge in [0.2, 0.25) is 11.8 Å². The number of halogens is 1. The second-order valence-electron chi connectivity index (χ2n) is 3.05. The van der Waals surface area contributed by atoms with Gasteiger partial charge in [-0.3, -0.25) is 0 Å². The van der Waals surface area contributed by atoms with E-state index < -0.39 is 5.95 Å². The molecule has 0 atom stereocenters. The Hall–Kier alpha value is -1.55. The van der Waals surface area contributed by atoms with Crippen LogP contribution in [0.4, 0.5) is 4.39 Å². The van der Waals surface area contributed by atoms with Gasteiger partial charge in [-0.15, -0.1) is 11.8 Å². The second kappa shape index (κ2) is 4.99. The van der Waals surface area contributed by atoms with Gasteiger partial charge in [0.1, 0.15) is 5.75 Å². The molecule has 0 aliphatic rings. The highest BCUT2D eigenvalue weighted by molar-refractivity contribution is 7.98. The SMILES string of the molecule is CSc1ccccc1Oc1cccc(F)n1. The van der Waals surface area contributed by atoms with Crippen LogP contribution in [0.25, 0.3) is 0 Å². The third kappa shape index (κ3) is 2.52. The maximum absolute atomic E-state index is 12.9. The number of nitrogens with zero attached hydrogens (tertiary/aromatic N) is 1. The van der Waals surface area contributed by atoms with Gasteiger partial charge in [0.25, 0.3) is 0 Å². The van der Waals surface area contributed by atoms with E-state index in [0.717, 1.165) is 4.90 Å². The summed E-state index contributed by atoms with van der Waals surface area (Å²) < 4.78 is 18.4. The zero-order valence-corrected chi connectivity index (χ0v) is 9.50. The molecule has 82 valence electrons. The van der Waals surface area contributed by atoms with Crippen LogP contribution >= 0.6 is 11.8 Å². The summed E-state index contributed by atoms with van der Waals surface area (Å²) in [7, 11) is 0. The summed E-state index contributed by atoms with van der Waals surface area (Å²) in [5.41, 5.74) is 0. The average Bonchev–Trinajstić information content (AvgIpc) is 2.30. The smallest absolute Gasteiger partial charge is 0.221 e. The van der Waals surface area contributed by atoms with Crippen molar-refractivity contribution in [2.24, 2.45) is 0 Å². The molecule has 1 aromatic carbocycles. The molecule has 0 N–H and O–H groups in total. The molecular formula is C12H10FNOS. The Morgan fingerprint density at radius 2 is 1.94 bits per heavy atom. The van der Waals surface area contributed by atoms with Crippen LogP contribution in [0.1, 0.15) is 0 Å². The number of hydrogen-bond donors (Lipinski definition) is 0. The van der Waals surface area contributed by atoms with E-state index in [4.69, 9.17) is 4.74 Å². The van der Waals surface area contributed by atoms with Gasteiger partial charge in [0, 0.05) is 11.0 Å². The Morgan fingerprint density at radius 3 is 2.69 bits per heavy atom. The van der Waals surface area contributed by atoms with Gasteiger partial charge in [0.05, 0.1) is 0 Å². The molecule has 0 saturated heterocycles. The maximum Gasteiger partial charge on any atom is 0.221 e. The summed E-state index contributed by atoms with van der Waals surface area (Å²) in [6.07, 6.45) is 1.96. The van der Waals surface area contributed by atoms with Gasteiger partial charge in [-0.2, -0.15) is 9.37 Å². The minimum absolute atomic E-state index is 0.265. The van der Waals surface area contributed by atoms with E-state index in [2.05, 4.69) is 4.98 Å². The molecule has 0 spiro atoms. The van der Waals surface area contributed by atoms with E-state index in [0.29, 0.717) is 5.75 Å². The number of rotatable bonds is 3. The maximum atomic E-state index is 12.9. The number of thioether (sulfide) groups is 1. The molecule has 0 aliphatic carbocycles. The third-order valence-electron chi connectivity index (χ3n) is 1.97.